The lowest BCUT2D eigenvalue weighted by molar-refractivity contribution is 0.0465. The SMILES string of the molecule is Cc1cc(N(C)CC2CC(O)C2)c(C#N)c(C)n1. The monoisotopic (exact) mass is 245 g/mol. The van der Waals surface area contributed by atoms with Gasteiger partial charge in [0.2, 0.25) is 0 Å². The van der Waals surface area contributed by atoms with Gasteiger partial charge in [0.1, 0.15) is 6.07 Å². The summed E-state index contributed by atoms with van der Waals surface area (Å²) in [6, 6.07) is 4.20. The van der Waals surface area contributed by atoms with Crippen molar-refractivity contribution in [3.63, 3.8) is 0 Å². The van der Waals surface area contributed by atoms with Crippen LogP contribution >= 0.6 is 0 Å². The van der Waals surface area contributed by atoms with Crippen molar-refractivity contribution in [2.75, 3.05) is 18.5 Å². The number of hydrogen-bond acceptors (Lipinski definition) is 4. The lowest BCUT2D eigenvalue weighted by atomic mass is 9.82. The van der Waals surface area contributed by atoms with Crippen molar-refractivity contribution in [1.82, 2.24) is 4.98 Å². The van der Waals surface area contributed by atoms with E-state index in [1.807, 2.05) is 27.0 Å². The van der Waals surface area contributed by atoms with Crippen LogP contribution in [0.1, 0.15) is 29.8 Å². The number of aromatic nitrogens is 1. The molecule has 0 saturated heterocycles. The molecular weight excluding hydrogens is 226 g/mol. The second-order valence-electron chi connectivity index (χ2n) is 5.23. The van der Waals surface area contributed by atoms with Crippen LogP contribution in [0.15, 0.2) is 6.07 Å². The molecule has 1 aliphatic rings. The topological polar surface area (TPSA) is 60.1 Å². The second kappa shape index (κ2) is 4.95. The van der Waals surface area contributed by atoms with Crippen LogP contribution in [-0.2, 0) is 0 Å². The van der Waals surface area contributed by atoms with Crippen molar-refractivity contribution in [1.29, 1.82) is 5.26 Å². The normalized spacial score (nSPS) is 22.2. The largest absolute Gasteiger partial charge is 0.393 e. The zero-order valence-electron chi connectivity index (χ0n) is 11.1. The Morgan fingerprint density at radius 1 is 1.50 bits per heavy atom. The van der Waals surface area contributed by atoms with Gasteiger partial charge >= 0.3 is 0 Å². The fourth-order valence-electron chi connectivity index (χ4n) is 2.58. The molecule has 1 aliphatic carbocycles. The molecule has 0 atom stereocenters. The van der Waals surface area contributed by atoms with Crippen molar-refractivity contribution >= 4 is 5.69 Å². The van der Waals surface area contributed by atoms with E-state index in [2.05, 4.69) is 16.0 Å². The molecule has 4 nitrogen and oxygen atoms in total. The van der Waals surface area contributed by atoms with Gasteiger partial charge in [0.25, 0.3) is 0 Å². The van der Waals surface area contributed by atoms with Crippen molar-refractivity contribution in [2.24, 2.45) is 5.92 Å². The summed E-state index contributed by atoms with van der Waals surface area (Å²) in [4.78, 5) is 6.43. The molecule has 96 valence electrons. The molecule has 2 rings (SSSR count). The summed E-state index contributed by atoms with van der Waals surface area (Å²) >= 11 is 0. The number of hydrogen-bond donors (Lipinski definition) is 1. The molecule has 0 aromatic carbocycles. The Labute approximate surface area is 108 Å². The first-order chi connectivity index (χ1) is 8.51. The third kappa shape index (κ3) is 2.46. The number of aryl methyl sites for hydroxylation is 2. The molecule has 1 fully saturated rings. The van der Waals surface area contributed by atoms with Gasteiger partial charge in [0, 0.05) is 19.3 Å². The highest BCUT2D eigenvalue weighted by atomic mass is 16.3. The van der Waals surface area contributed by atoms with Crippen LogP contribution < -0.4 is 4.90 Å². The number of nitrogens with zero attached hydrogens (tertiary/aromatic N) is 3. The quantitative estimate of drug-likeness (QED) is 0.881. The first-order valence-electron chi connectivity index (χ1n) is 6.28. The zero-order valence-corrected chi connectivity index (χ0v) is 11.1. The van der Waals surface area contributed by atoms with Gasteiger partial charge in [0.15, 0.2) is 0 Å². The number of nitriles is 1. The fraction of sp³-hybridized carbons (Fsp3) is 0.571. The molecular formula is C14H19N3O. The maximum atomic E-state index is 9.31. The minimum atomic E-state index is -0.125. The molecule has 18 heavy (non-hydrogen) atoms. The molecule has 0 amide bonds. The standard InChI is InChI=1S/C14H19N3O/c1-9-4-14(13(7-15)10(2)16-9)17(3)8-11-5-12(18)6-11/h4,11-12,18H,5-6,8H2,1-3H3. The summed E-state index contributed by atoms with van der Waals surface area (Å²) in [7, 11) is 2.00. The van der Waals surface area contributed by atoms with Crippen LogP contribution in [-0.4, -0.2) is 29.8 Å². The van der Waals surface area contributed by atoms with Crippen molar-refractivity contribution in [3.8, 4) is 6.07 Å². The summed E-state index contributed by atoms with van der Waals surface area (Å²) in [6.07, 6.45) is 1.62. The van der Waals surface area contributed by atoms with Gasteiger partial charge in [-0.3, -0.25) is 4.98 Å². The molecule has 0 bridgehead atoms. The molecule has 1 aromatic rings. The Kier molecular flexibility index (Phi) is 3.53. The molecule has 0 aliphatic heterocycles. The van der Waals surface area contributed by atoms with Crippen LogP contribution in [0.2, 0.25) is 0 Å². The van der Waals surface area contributed by atoms with Gasteiger partial charge in [-0.2, -0.15) is 5.26 Å². The minimum Gasteiger partial charge on any atom is -0.393 e. The number of anilines is 1. The highest BCUT2D eigenvalue weighted by Crippen LogP contribution is 2.30. The highest BCUT2D eigenvalue weighted by molar-refractivity contribution is 5.61. The molecule has 0 spiro atoms. The average molecular weight is 245 g/mol. The summed E-state index contributed by atoms with van der Waals surface area (Å²) < 4.78 is 0. The van der Waals surface area contributed by atoms with E-state index in [0.717, 1.165) is 36.5 Å². The third-order valence-electron chi connectivity index (χ3n) is 3.57. The Morgan fingerprint density at radius 3 is 2.72 bits per heavy atom. The van der Waals surface area contributed by atoms with Gasteiger partial charge in [-0.05, 0) is 38.7 Å². The van der Waals surface area contributed by atoms with Gasteiger partial charge in [-0.15, -0.1) is 0 Å². The van der Waals surface area contributed by atoms with Crippen molar-refractivity contribution in [2.45, 2.75) is 32.8 Å². The fourth-order valence-corrected chi connectivity index (χ4v) is 2.58. The lowest BCUT2D eigenvalue weighted by Gasteiger charge is -2.35. The van der Waals surface area contributed by atoms with E-state index in [0.29, 0.717) is 11.5 Å². The first-order valence-corrected chi connectivity index (χ1v) is 6.28. The Bertz CT molecular complexity index is 487. The third-order valence-corrected chi connectivity index (χ3v) is 3.57. The van der Waals surface area contributed by atoms with Crippen molar-refractivity contribution in [3.05, 3.63) is 23.0 Å². The maximum absolute atomic E-state index is 9.31. The lowest BCUT2D eigenvalue weighted by Crippen LogP contribution is -2.37. The molecule has 4 heteroatoms. The molecule has 1 heterocycles. The Hall–Kier alpha value is -1.60. The molecule has 1 saturated carbocycles. The average Bonchev–Trinajstić information content (AvgIpc) is 2.26. The minimum absolute atomic E-state index is 0.125. The first kappa shape index (κ1) is 12.8. The molecule has 0 radical (unpaired) electrons. The number of pyridine rings is 1. The van der Waals surface area contributed by atoms with Gasteiger partial charge in [0.05, 0.1) is 23.0 Å². The van der Waals surface area contributed by atoms with E-state index in [1.54, 1.807) is 0 Å². The van der Waals surface area contributed by atoms with E-state index >= 15 is 0 Å². The van der Waals surface area contributed by atoms with Crippen LogP contribution in [0, 0.1) is 31.1 Å². The second-order valence-corrected chi connectivity index (χ2v) is 5.23. The molecule has 1 aromatic heterocycles. The van der Waals surface area contributed by atoms with Crippen molar-refractivity contribution < 1.29 is 5.11 Å². The van der Waals surface area contributed by atoms with Crippen LogP contribution in [0.4, 0.5) is 5.69 Å². The Morgan fingerprint density at radius 2 is 2.17 bits per heavy atom. The number of aliphatic hydroxyl groups is 1. The van der Waals surface area contributed by atoms with E-state index in [1.165, 1.54) is 0 Å². The van der Waals surface area contributed by atoms with Crippen LogP contribution in [0.5, 0.6) is 0 Å². The van der Waals surface area contributed by atoms with Gasteiger partial charge in [-0.1, -0.05) is 0 Å². The van der Waals surface area contributed by atoms with Gasteiger partial charge in [-0.25, -0.2) is 0 Å². The molecule has 1 N–H and O–H groups in total. The zero-order chi connectivity index (χ0) is 13.3. The summed E-state index contributed by atoms with van der Waals surface area (Å²) in [5.41, 5.74) is 3.32. The summed E-state index contributed by atoms with van der Waals surface area (Å²) in [5.74, 6) is 0.533. The van der Waals surface area contributed by atoms with E-state index in [-0.39, 0.29) is 6.10 Å². The van der Waals surface area contributed by atoms with E-state index in [9.17, 15) is 10.4 Å². The maximum Gasteiger partial charge on any atom is 0.103 e. The van der Waals surface area contributed by atoms with Gasteiger partial charge < -0.3 is 10.0 Å². The van der Waals surface area contributed by atoms with Crippen LogP contribution in [0.3, 0.4) is 0 Å². The number of rotatable bonds is 3. The summed E-state index contributed by atoms with van der Waals surface area (Å²) in [6.45, 7) is 4.70. The molecule has 0 unspecified atom stereocenters. The van der Waals surface area contributed by atoms with E-state index in [4.69, 9.17) is 0 Å². The van der Waals surface area contributed by atoms with E-state index < -0.39 is 0 Å². The highest BCUT2D eigenvalue weighted by Gasteiger charge is 2.28. The number of aliphatic hydroxyl groups excluding tert-OH is 1. The Balaban J connectivity index is 2.19. The summed E-state index contributed by atoms with van der Waals surface area (Å²) in [5, 5.41) is 18.5. The smallest absolute Gasteiger partial charge is 0.103 e. The predicted molar refractivity (Wildman–Crippen MR) is 70.4 cm³/mol. The predicted octanol–water partition coefficient (Wildman–Crippen LogP) is 1.78. The van der Waals surface area contributed by atoms with Crippen LogP contribution in [0.25, 0.3) is 0 Å².